The Labute approximate surface area is 180 Å². The average Bonchev–Trinajstić information content (AvgIpc) is 3.40. The van der Waals surface area contributed by atoms with E-state index in [1.54, 1.807) is 10.8 Å². The molecule has 2 aromatic heterocycles. The van der Waals surface area contributed by atoms with Crippen molar-refractivity contribution in [3.63, 3.8) is 0 Å². The lowest BCUT2D eigenvalue weighted by molar-refractivity contribution is -0.552. The first-order valence-electron chi connectivity index (χ1n) is 10.3. The molecular weight excluding hydrogens is 388 g/mol. The van der Waals surface area contributed by atoms with E-state index in [4.69, 9.17) is 15.1 Å². The Hall–Kier alpha value is -3.93. The van der Waals surface area contributed by atoms with Crippen LogP contribution >= 0.6 is 0 Å². The molecule has 0 amide bonds. The van der Waals surface area contributed by atoms with Gasteiger partial charge in [0, 0.05) is 17.7 Å². The second-order valence-corrected chi connectivity index (χ2v) is 7.79. The van der Waals surface area contributed by atoms with Gasteiger partial charge >= 0.3 is 11.7 Å². The number of anilines is 2. The fourth-order valence-corrected chi connectivity index (χ4v) is 4.02. The van der Waals surface area contributed by atoms with Gasteiger partial charge in [-0.3, -0.25) is 5.32 Å². The van der Waals surface area contributed by atoms with Gasteiger partial charge in [-0.1, -0.05) is 42.5 Å². The maximum absolute atomic E-state index is 13.3. The summed E-state index contributed by atoms with van der Waals surface area (Å²) in [7, 11) is 0. The molecule has 6 nitrogen and oxygen atoms in total. The van der Waals surface area contributed by atoms with Gasteiger partial charge < -0.3 is 10.2 Å². The van der Waals surface area contributed by atoms with E-state index >= 15 is 0 Å². The molecule has 1 aliphatic rings. The summed E-state index contributed by atoms with van der Waals surface area (Å²) in [5, 5.41) is 3.38. The van der Waals surface area contributed by atoms with Gasteiger partial charge in [-0.2, -0.15) is 4.57 Å². The molecule has 0 saturated heterocycles. The predicted molar refractivity (Wildman–Crippen MR) is 119 cm³/mol. The number of carbonyl (C=O) groups excluding carboxylic acids is 1. The largest absolute Gasteiger partial charge is 0.469 e. The Bertz CT molecular complexity index is 1250. The number of nitrogens with zero attached hydrogens (tertiary/aromatic N) is 2. The summed E-state index contributed by atoms with van der Waals surface area (Å²) in [5.41, 5.74) is 11.4. The number of fused-ring (bicyclic) bond motifs is 1. The Morgan fingerprint density at radius 3 is 2.71 bits per heavy atom. The van der Waals surface area contributed by atoms with E-state index in [1.807, 2.05) is 61.7 Å². The molecule has 3 heterocycles. The fourth-order valence-electron chi connectivity index (χ4n) is 4.02. The molecule has 154 valence electrons. The van der Waals surface area contributed by atoms with E-state index in [0.717, 1.165) is 39.7 Å². The van der Waals surface area contributed by atoms with E-state index in [9.17, 15) is 4.79 Å². The molecule has 5 rings (SSSR count). The zero-order valence-electron chi connectivity index (χ0n) is 17.2. The van der Waals surface area contributed by atoms with Crippen molar-refractivity contribution in [1.82, 2.24) is 4.98 Å². The molecule has 1 atom stereocenters. The summed E-state index contributed by atoms with van der Waals surface area (Å²) in [4.78, 5) is 18.2. The number of rotatable bonds is 5. The van der Waals surface area contributed by atoms with E-state index in [0.29, 0.717) is 18.5 Å². The number of nitrogen functional groups attached to an aromatic ring is 1. The van der Waals surface area contributed by atoms with Crippen molar-refractivity contribution in [3.05, 3.63) is 95.7 Å². The van der Waals surface area contributed by atoms with Gasteiger partial charge in [0.25, 0.3) is 0 Å². The van der Waals surface area contributed by atoms with Crippen LogP contribution < -0.4 is 15.6 Å². The highest BCUT2D eigenvalue weighted by Crippen LogP contribution is 2.28. The minimum Gasteiger partial charge on any atom is -0.469 e. The van der Waals surface area contributed by atoms with E-state index in [1.165, 1.54) is 0 Å². The molecule has 3 N–H and O–H groups in total. The third-order valence-corrected chi connectivity index (χ3v) is 5.72. The van der Waals surface area contributed by atoms with E-state index in [2.05, 4.69) is 17.4 Å². The van der Waals surface area contributed by atoms with Gasteiger partial charge in [0.2, 0.25) is 6.04 Å². The summed E-state index contributed by atoms with van der Waals surface area (Å²) >= 11 is 0. The maximum atomic E-state index is 13.3. The number of carbonyl (C=O) groups is 1. The summed E-state index contributed by atoms with van der Waals surface area (Å²) < 4.78 is 7.15. The van der Waals surface area contributed by atoms with Crippen LogP contribution in [0.1, 0.15) is 27.4 Å². The lowest BCUT2D eigenvalue weighted by atomic mass is 10.0. The molecule has 0 aliphatic carbocycles. The highest BCUT2D eigenvalue weighted by molar-refractivity contribution is 5.83. The first kappa shape index (κ1) is 19.1. The molecule has 0 bridgehead atoms. The van der Waals surface area contributed by atoms with E-state index < -0.39 is 6.04 Å². The number of furan rings is 1. The van der Waals surface area contributed by atoms with Gasteiger partial charge in [0.15, 0.2) is 0 Å². The number of hydrogen-bond donors (Lipinski definition) is 2. The molecule has 1 unspecified atom stereocenters. The zero-order valence-corrected chi connectivity index (χ0v) is 17.2. The zero-order chi connectivity index (χ0) is 21.4. The van der Waals surface area contributed by atoms with Crippen molar-refractivity contribution < 1.29 is 13.8 Å². The Morgan fingerprint density at radius 2 is 1.94 bits per heavy atom. The second kappa shape index (κ2) is 7.72. The standard InChI is InChI=1S/C25H22N4O2/c1-16-19(10-5-11-20(16)26)23-15-29-24(21(27-23)13-17-7-3-2-4-8-17)28-22(25(29)30)14-18-9-6-12-31-18/h2-12,15,22H,13-14,26H2,1H3/p+1. The van der Waals surface area contributed by atoms with Crippen LogP contribution in [0.4, 0.5) is 11.5 Å². The Morgan fingerprint density at radius 1 is 1.10 bits per heavy atom. The van der Waals surface area contributed by atoms with Gasteiger partial charge in [-0.05, 0) is 36.2 Å². The van der Waals surface area contributed by atoms with Crippen LogP contribution in [0.2, 0.25) is 0 Å². The molecule has 2 aromatic carbocycles. The van der Waals surface area contributed by atoms with Crippen LogP contribution in [-0.4, -0.2) is 16.9 Å². The second-order valence-electron chi connectivity index (χ2n) is 7.79. The fraction of sp³-hybridized carbons (Fsp3) is 0.160. The number of nitrogens with one attached hydrogen (secondary N) is 1. The van der Waals surface area contributed by atoms with Gasteiger partial charge in [-0.25, -0.2) is 9.78 Å². The smallest absolute Gasteiger partial charge is 0.359 e. The molecule has 0 radical (unpaired) electrons. The summed E-state index contributed by atoms with van der Waals surface area (Å²) in [5.74, 6) is 1.48. The van der Waals surface area contributed by atoms with Crippen LogP contribution in [0.25, 0.3) is 11.3 Å². The minimum atomic E-state index is -0.403. The highest BCUT2D eigenvalue weighted by Gasteiger charge is 2.41. The summed E-state index contributed by atoms with van der Waals surface area (Å²) in [6.07, 6.45) is 4.52. The number of hydrogen-bond acceptors (Lipinski definition) is 5. The van der Waals surface area contributed by atoms with Crippen LogP contribution in [0, 0.1) is 6.92 Å². The van der Waals surface area contributed by atoms with E-state index in [-0.39, 0.29) is 5.91 Å². The van der Waals surface area contributed by atoms with Crippen molar-refractivity contribution in [2.45, 2.75) is 25.8 Å². The van der Waals surface area contributed by atoms with Crippen molar-refractivity contribution >= 4 is 17.4 Å². The highest BCUT2D eigenvalue weighted by atomic mass is 16.3. The Kier molecular flexibility index (Phi) is 4.75. The number of benzene rings is 2. The van der Waals surface area contributed by atoms with Crippen molar-refractivity contribution in [1.29, 1.82) is 0 Å². The number of aromatic nitrogens is 2. The SMILES string of the molecule is Cc1c(N)cccc1-c1c[n+]2c(c(Cc3ccccc3)n1)NC(Cc1ccco1)C2=O. The quantitative estimate of drug-likeness (QED) is 0.386. The van der Waals surface area contributed by atoms with Crippen LogP contribution in [0.5, 0.6) is 0 Å². The monoisotopic (exact) mass is 411 g/mol. The first-order chi connectivity index (χ1) is 15.1. The van der Waals surface area contributed by atoms with Gasteiger partial charge in [-0.15, -0.1) is 0 Å². The van der Waals surface area contributed by atoms with Crippen LogP contribution in [0.3, 0.4) is 0 Å². The number of nitrogens with two attached hydrogens (primary N) is 1. The predicted octanol–water partition coefficient (Wildman–Crippen LogP) is 3.79. The van der Waals surface area contributed by atoms with Crippen molar-refractivity contribution in [2.75, 3.05) is 11.1 Å². The Balaban J connectivity index is 1.60. The van der Waals surface area contributed by atoms with Crippen LogP contribution in [0.15, 0.2) is 77.5 Å². The topological polar surface area (TPSA) is 85.0 Å². The third-order valence-electron chi connectivity index (χ3n) is 5.72. The summed E-state index contributed by atoms with van der Waals surface area (Å²) in [6, 6.07) is 19.2. The molecule has 31 heavy (non-hydrogen) atoms. The van der Waals surface area contributed by atoms with Crippen molar-refractivity contribution in [2.24, 2.45) is 0 Å². The van der Waals surface area contributed by atoms with Crippen molar-refractivity contribution in [3.8, 4) is 11.3 Å². The molecule has 0 saturated carbocycles. The minimum absolute atomic E-state index is 0.0223. The molecule has 0 spiro atoms. The van der Waals surface area contributed by atoms with Gasteiger partial charge in [0.05, 0.1) is 12.7 Å². The van der Waals surface area contributed by atoms with Crippen LogP contribution in [-0.2, 0) is 12.8 Å². The third kappa shape index (κ3) is 3.57. The lowest BCUT2D eigenvalue weighted by Crippen LogP contribution is -2.44. The molecule has 4 aromatic rings. The maximum Gasteiger partial charge on any atom is 0.359 e. The molecular formula is C25H23N4O2+. The first-order valence-corrected chi connectivity index (χ1v) is 10.3. The molecule has 6 heteroatoms. The molecule has 0 fully saturated rings. The molecule has 1 aliphatic heterocycles. The normalized spacial score (nSPS) is 15.0. The lowest BCUT2D eigenvalue weighted by Gasteiger charge is -2.10. The summed E-state index contributed by atoms with van der Waals surface area (Å²) in [6.45, 7) is 1.97. The van der Waals surface area contributed by atoms with Gasteiger partial charge in [0.1, 0.15) is 23.3 Å². The average molecular weight is 411 g/mol.